The second-order valence-electron chi connectivity index (χ2n) is 11.5. The number of aryl methyl sites for hydroxylation is 1. The highest BCUT2D eigenvalue weighted by Crippen LogP contribution is 2.43. The second-order valence-corrected chi connectivity index (χ2v) is 11.5. The summed E-state index contributed by atoms with van der Waals surface area (Å²) in [6.45, 7) is 5.36. The van der Waals surface area contributed by atoms with Gasteiger partial charge in [0.25, 0.3) is 0 Å². The molecule has 46 heavy (non-hydrogen) atoms. The molecule has 2 aliphatic rings. The number of fused-ring (bicyclic) bond motifs is 1. The lowest BCUT2D eigenvalue weighted by molar-refractivity contribution is -0.155. The molecule has 2 aliphatic heterocycles. The Balaban J connectivity index is 1.29. The summed E-state index contributed by atoms with van der Waals surface area (Å²) in [5, 5.41) is 10.4. The van der Waals surface area contributed by atoms with Gasteiger partial charge in [0.1, 0.15) is 30.1 Å². The van der Waals surface area contributed by atoms with Gasteiger partial charge in [0, 0.05) is 68.2 Å². The smallest absolute Gasteiger partial charge is 0.401 e. The Labute approximate surface area is 264 Å². The molecule has 0 bridgehead atoms. The summed E-state index contributed by atoms with van der Waals surface area (Å²) in [7, 11) is 0. The number of hydrogen-bond acceptors (Lipinski definition) is 7. The van der Waals surface area contributed by atoms with Crippen LogP contribution in [0.2, 0.25) is 0 Å². The van der Waals surface area contributed by atoms with E-state index in [2.05, 4.69) is 15.7 Å². The van der Waals surface area contributed by atoms with Crippen molar-refractivity contribution in [2.75, 3.05) is 45.9 Å². The van der Waals surface area contributed by atoms with Crippen LogP contribution < -0.4 is 15.4 Å². The van der Waals surface area contributed by atoms with Crippen LogP contribution >= 0.6 is 0 Å². The number of hydrogen-bond donors (Lipinski definition) is 2. The van der Waals surface area contributed by atoms with Gasteiger partial charge < -0.3 is 20.1 Å². The first-order valence-electron chi connectivity index (χ1n) is 15.4. The standard InChI is InChI=1S/C33H38F5N5O3/c1-3-42-19-24(17-41-42)22-6-7-26-23(14-22)13-21(2)43(20-33(36,37)38)32(26)31-27(34)15-25(16-28(31)35)45-11-9-39-8-4-5-29(44)30-18-40-10-12-46-30/h4-7,14-17,19,21,30,32,39-40H,3,8-13,18,20H2,1-2H3/b5-4+/t21-,30?,32+/m1/s1. The number of rotatable bonds is 12. The van der Waals surface area contributed by atoms with E-state index < -0.39 is 48.1 Å². The molecular formula is C33H38F5N5O3. The zero-order valence-electron chi connectivity index (χ0n) is 25.7. The number of ether oxygens (including phenoxy) is 2. The molecule has 248 valence electrons. The van der Waals surface area contributed by atoms with E-state index in [1.807, 2.05) is 19.2 Å². The van der Waals surface area contributed by atoms with Crippen molar-refractivity contribution in [2.24, 2.45) is 0 Å². The molecule has 0 amide bonds. The van der Waals surface area contributed by atoms with E-state index >= 15 is 8.78 Å². The van der Waals surface area contributed by atoms with Gasteiger partial charge in [-0.25, -0.2) is 8.78 Å². The third-order valence-electron chi connectivity index (χ3n) is 8.17. The zero-order chi connectivity index (χ0) is 32.8. The maximum Gasteiger partial charge on any atom is 0.401 e. The topological polar surface area (TPSA) is 80.7 Å². The van der Waals surface area contributed by atoms with Gasteiger partial charge >= 0.3 is 6.18 Å². The van der Waals surface area contributed by atoms with Gasteiger partial charge in [-0.1, -0.05) is 24.3 Å². The van der Waals surface area contributed by atoms with Crippen LogP contribution in [0, 0.1) is 11.6 Å². The van der Waals surface area contributed by atoms with Gasteiger partial charge in [-0.3, -0.25) is 14.4 Å². The lowest BCUT2D eigenvalue weighted by atomic mass is 9.83. The molecule has 0 radical (unpaired) electrons. The molecule has 1 unspecified atom stereocenters. The zero-order valence-corrected chi connectivity index (χ0v) is 25.7. The number of benzene rings is 2. The van der Waals surface area contributed by atoms with Crippen LogP contribution in [0.4, 0.5) is 22.0 Å². The Morgan fingerprint density at radius 1 is 1.20 bits per heavy atom. The van der Waals surface area contributed by atoms with Crippen molar-refractivity contribution in [1.82, 2.24) is 25.3 Å². The van der Waals surface area contributed by atoms with Crippen LogP contribution in [-0.4, -0.2) is 84.7 Å². The van der Waals surface area contributed by atoms with E-state index in [9.17, 15) is 18.0 Å². The van der Waals surface area contributed by atoms with Gasteiger partial charge in [0.15, 0.2) is 5.78 Å². The van der Waals surface area contributed by atoms with Crippen molar-refractivity contribution >= 4 is 5.78 Å². The Kier molecular flexibility index (Phi) is 10.9. The minimum atomic E-state index is -4.58. The van der Waals surface area contributed by atoms with Crippen molar-refractivity contribution in [2.45, 2.75) is 51.2 Å². The summed E-state index contributed by atoms with van der Waals surface area (Å²) in [5.41, 5.74) is 2.35. The number of morpholine rings is 1. The third-order valence-corrected chi connectivity index (χ3v) is 8.17. The SMILES string of the molecule is CCn1cc(-c2ccc3c(c2)C[C@@H](C)N(CC(F)(F)F)[C@@H]3c2c(F)cc(OCCNC/C=C/C(=O)C3CNCCO3)cc2F)cn1. The van der Waals surface area contributed by atoms with Gasteiger partial charge in [0.05, 0.1) is 25.4 Å². The molecule has 0 saturated carbocycles. The highest BCUT2D eigenvalue weighted by atomic mass is 19.4. The van der Waals surface area contributed by atoms with Gasteiger partial charge in [0.2, 0.25) is 0 Å². The number of carbonyl (C=O) groups is 1. The molecule has 3 heterocycles. The summed E-state index contributed by atoms with van der Waals surface area (Å²) < 4.78 is 85.4. The third kappa shape index (κ3) is 8.19. The van der Waals surface area contributed by atoms with Gasteiger partial charge in [-0.2, -0.15) is 18.3 Å². The summed E-state index contributed by atoms with van der Waals surface area (Å²) in [5.74, 6) is -2.20. The Morgan fingerprint density at radius 3 is 2.65 bits per heavy atom. The van der Waals surface area contributed by atoms with Crippen molar-refractivity contribution in [1.29, 1.82) is 0 Å². The van der Waals surface area contributed by atoms with Crippen LogP contribution in [0.1, 0.15) is 36.6 Å². The average molecular weight is 648 g/mol. The first kappa shape index (κ1) is 33.7. The molecule has 1 aromatic heterocycles. The monoisotopic (exact) mass is 647 g/mol. The molecule has 3 aromatic rings. The van der Waals surface area contributed by atoms with E-state index in [0.29, 0.717) is 44.9 Å². The minimum absolute atomic E-state index is 0.0660. The summed E-state index contributed by atoms with van der Waals surface area (Å²) in [6, 6.07) is 5.34. The van der Waals surface area contributed by atoms with Crippen LogP contribution in [0.5, 0.6) is 5.75 Å². The van der Waals surface area contributed by atoms with E-state index in [1.165, 1.54) is 6.08 Å². The summed E-state index contributed by atoms with van der Waals surface area (Å²) in [4.78, 5) is 13.2. The maximum absolute atomic E-state index is 15.7. The molecule has 1 fully saturated rings. The lowest BCUT2D eigenvalue weighted by Gasteiger charge is -2.42. The Bertz CT molecular complexity index is 1510. The molecule has 3 atom stereocenters. The Hall–Kier alpha value is -3.65. The number of alkyl halides is 3. The van der Waals surface area contributed by atoms with Crippen LogP contribution in [-0.2, 0) is 22.5 Å². The predicted molar refractivity (Wildman–Crippen MR) is 163 cm³/mol. The number of nitrogens with one attached hydrogen (secondary N) is 2. The normalized spacial score (nSPS) is 20.6. The van der Waals surface area contributed by atoms with Gasteiger partial charge in [-0.15, -0.1) is 0 Å². The molecular weight excluding hydrogens is 609 g/mol. The minimum Gasteiger partial charge on any atom is -0.492 e. The summed E-state index contributed by atoms with van der Waals surface area (Å²) in [6.07, 6.45) is 1.89. The molecule has 5 rings (SSSR count). The maximum atomic E-state index is 15.7. The second kappa shape index (κ2) is 14.8. The fraction of sp³-hybridized carbons (Fsp3) is 0.455. The number of ketones is 1. The van der Waals surface area contributed by atoms with Crippen molar-refractivity contribution in [3.8, 4) is 16.9 Å². The molecule has 8 nitrogen and oxygen atoms in total. The number of carbonyl (C=O) groups excluding carboxylic acids is 1. The summed E-state index contributed by atoms with van der Waals surface area (Å²) >= 11 is 0. The van der Waals surface area contributed by atoms with Crippen LogP contribution in [0.25, 0.3) is 11.1 Å². The lowest BCUT2D eigenvalue weighted by Crippen LogP contribution is -2.47. The fourth-order valence-corrected chi connectivity index (χ4v) is 5.92. The van der Waals surface area contributed by atoms with E-state index in [-0.39, 0.29) is 24.6 Å². The first-order chi connectivity index (χ1) is 22.0. The molecule has 0 aliphatic carbocycles. The molecule has 13 heteroatoms. The van der Waals surface area contributed by atoms with Crippen molar-refractivity contribution < 1.29 is 36.2 Å². The van der Waals surface area contributed by atoms with Gasteiger partial charge in [-0.05, 0) is 43.0 Å². The Morgan fingerprint density at radius 2 is 1.98 bits per heavy atom. The van der Waals surface area contributed by atoms with Crippen molar-refractivity contribution in [3.63, 3.8) is 0 Å². The first-order valence-corrected chi connectivity index (χ1v) is 15.4. The quantitative estimate of drug-likeness (QED) is 0.166. The number of aromatic nitrogens is 2. The largest absolute Gasteiger partial charge is 0.492 e. The van der Waals surface area contributed by atoms with Crippen molar-refractivity contribution in [3.05, 3.63) is 83.2 Å². The number of nitrogens with zero attached hydrogens (tertiary/aromatic N) is 3. The molecule has 0 spiro atoms. The van der Waals surface area contributed by atoms with Crippen LogP contribution in [0.3, 0.4) is 0 Å². The van der Waals surface area contributed by atoms with Crippen LogP contribution in [0.15, 0.2) is 54.9 Å². The fourth-order valence-electron chi connectivity index (χ4n) is 5.92. The highest BCUT2D eigenvalue weighted by Gasteiger charge is 2.42. The molecule has 1 saturated heterocycles. The average Bonchev–Trinajstić information content (AvgIpc) is 3.51. The number of halogens is 5. The van der Waals surface area contributed by atoms with E-state index in [4.69, 9.17) is 9.47 Å². The van der Waals surface area contributed by atoms with E-state index in [1.54, 1.807) is 36.0 Å². The highest BCUT2D eigenvalue weighted by molar-refractivity contribution is 5.93. The predicted octanol–water partition coefficient (Wildman–Crippen LogP) is 4.83. The molecule has 2 N–H and O–H groups in total. The van der Waals surface area contributed by atoms with E-state index in [0.717, 1.165) is 33.7 Å². The molecule has 2 aromatic carbocycles.